The van der Waals surface area contributed by atoms with Crippen molar-refractivity contribution in [3.63, 3.8) is 0 Å². The summed E-state index contributed by atoms with van der Waals surface area (Å²) in [5, 5.41) is 1.42. The number of hydrogen-bond acceptors (Lipinski definition) is 5. The Labute approximate surface area is 184 Å². The molecule has 0 fully saturated rings. The van der Waals surface area contributed by atoms with Gasteiger partial charge in [-0.05, 0) is 26.0 Å². The van der Waals surface area contributed by atoms with E-state index in [0.29, 0.717) is 10.6 Å². The third-order valence-electron chi connectivity index (χ3n) is 4.56. The van der Waals surface area contributed by atoms with Gasteiger partial charge in [-0.25, -0.2) is 0 Å². The van der Waals surface area contributed by atoms with Crippen molar-refractivity contribution >= 4 is 29.7 Å². The zero-order chi connectivity index (χ0) is 22.9. The first kappa shape index (κ1) is 24.4. The molecule has 0 aliphatic carbocycles. The molecule has 0 spiro atoms. The summed E-state index contributed by atoms with van der Waals surface area (Å²) in [5.74, 6) is -0.774. The summed E-state index contributed by atoms with van der Waals surface area (Å²) in [7, 11) is -3.17. The molecule has 0 bridgehead atoms. The van der Waals surface area contributed by atoms with Gasteiger partial charge in [0.25, 0.3) is 0 Å². The van der Waals surface area contributed by atoms with Crippen LogP contribution in [0.25, 0.3) is 0 Å². The number of rotatable bonds is 9. The van der Waals surface area contributed by atoms with E-state index in [9.17, 15) is 14.2 Å². The van der Waals surface area contributed by atoms with Gasteiger partial charge < -0.3 is 14.0 Å². The summed E-state index contributed by atoms with van der Waals surface area (Å²) in [6, 6.07) is 18.6. The Balaban J connectivity index is 2.56. The van der Waals surface area contributed by atoms with Crippen molar-refractivity contribution in [3.05, 3.63) is 85.0 Å². The smallest absolute Gasteiger partial charge is 0.303 e. The minimum absolute atomic E-state index is 0.387. The Morgan fingerprint density at radius 2 is 1.06 bits per heavy atom. The highest BCUT2D eigenvalue weighted by atomic mass is 31.2. The topological polar surface area (TPSA) is 69.7 Å². The Bertz CT molecular complexity index is 890. The van der Waals surface area contributed by atoms with Crippen molar-refractivity contribution in [2.45, 2.75) is 45.6 Å². The van der Waals surface area contributed by atoms with Crippen LogP contribution >= 0.6 is 7.14 Å². The highest BCUT2D eigenvalue weighted by Crippen LogP contribution is 2.50. The molecule has 31 heavy (non-hydrogen) atoms. The standard InChI is InChI=1S/C25H29O5P/c1-19(29-21(3)26)15-17-25(18-16-20(2)30-22(4)27)31(28,23-11-7-5-8-12-23)24-13-9-6-10-14-24/h5-20,25H,1-4H3/b17-15+,18-16+/t19-,20+,25?. The Hall–Kier alpha value is -2.91. The van der Waals surface area contributed by atoms with Gasteiger partial charge >= 0.3 is 11.9 Å². The SMILES string of the molecule is CC(=O)O[C@H](C)/C=C/C(/C=C/[C@H](C)OC(C)=O)P(=O)(c1ccccc1)c1ccccc1. The van der Waals surface area contributed by atoms with Gasteiger partial charge in [-0.1, -0.05) is 72.8 Å². The molecule has 164 valence electrons. The average molecular weight is 440 g/mol. The van der Waals surface area contributed by atoms with Crippen LogP contribution in [0.2, 0.25) is 0 Å². The van der Waals surface area contributed by atoms with E-state index in [-0.39, 0.29) is 11.9 Å². The fraction of sp³-hybridized carbons (Fsp3) is 0.280. The molecule has 2 aromatic rings. The summed E-state index contributed by atoms with van der Waals surface area (Å²) in [4.78, 5) is 22.6. The highest BCUT2D eigenvalue weighted by Gasteiger charge is 2.33. The van der Waals surface area contributed by atoms with Gasteiger partial charge in [0, 0.05) is 24.5 Å². The molecule has 0 amide bonds. The van der Waals surface area contributed by atoms with Gasteiger partial charge in [0.2, 0.25) is 0 Å². The van der Waals surface area contributed by atoms with Crippen molar-refractivity contribution in [2.75, 3.05) is 0 Å². The van der Waals surface area contributed by atoms with Gasteiger partial charge in [0.05, 0.1) is 5.66 Å². The van der Waals surface area contributed by atoms with E-state index in [1.165, 1.54) is 13.8 Å². The van der Waals surface area contributed by atoms with Crippen molar-refractivity contribution in [3.8, 4) is 0 Å². The number of allylic oxidation sites excluding steroid dienone is 2. The molecule has 1 unspecified atom stereocenters. The lowest BCUT2D eigenvalue weighted by atomic mass is 10.2. The van der Waals surface area contributed by atoms with Crippen LogP contribution in [-0.4, -0.2) is 29.8 Å². The molecule has 2 rings (SSSR count). The van der Waals surface area contributed by atoms with Crippen molar-refractivity contribution in [2.24, 2.45) is 0 Å². The van der Waals surface area contributed by atoms with E-state index < -0.39 is 25.0 Å². The quantitative estimate of drug-likeness (QED) is 0.329. The van der Waals surface area contributed by atoms with Crippen LogP contribution in [0.15, 0.2) is 85.0 Å². The fourth-order valence-electron chi connectivity index (χ4n) is 3.24. The molecule has 0 aromatic heterocycles. The molecular formula is C25H29O5P. The molecule has 0 saturated heterocycles. The van der Waals surface area contributed by atoms with Crippen LogP contribution in [0.1, 0.15) is 27.7 Å². The minimum Gasteiger partial charge on any atom is -0.459 e. The van der Waals surface area contributed by atoms with Crippen molar-refractivity contribution in [1.82, 2.24) is 0 Å². The number of carbonyl (C=O) groups is 2. The van der Waals surface area contributed by atoms with Crippen molar-refractivity contribution in [1.29, 1.82) is 0 Å². The van der Waals surface area contributed by atoms with E-state index in [1.54, 1.807) is 38.2 Å². The van der Waals surface area contributed by atoms with Crippen LogP contribution in [0, 0.1) is 0 Å². The van der Waals surface area contributed by atoms with Gasteiger partial charge in [-0.2, -0.15) is 0 Å². The number of hydrogen-bond donors (Lipinski definition) is 0. The zero-order valence-corrected chi connectivity index (χ0v) is 19.2. The van der Waals surface area contributed by atoms with E-state index in [0.717, 1.165) is 0 Å². The summed E-state index contributed by atoms with van der Waals surface area (Å²) < 4.78 is 25.1. The maximum atomic E-state index is 14.7. The second kappa shape index (κ2) is 11.5. The van der Waals surface area contributed by atoms with Crippen molar-refractivity contribution < 1.29 is 23.6 Å². The normalized spacial score (nSPS) is 14.8. The highest BCUT2D eigenvalue weighted by molar-refractivity contribution is 7.79. The predicted octanol–water partition coefficient (Wildman–Crippen LogP) is 4.38. The van der Waals surface area contributed by atoms with Gasteiger partial charge in [0.1, 0.15) is 12.2 Å². The number of carbonyl (C=O) groups excluding carboxylic acids is 2. The lowest BCUT2D eigenvalue weighted by molar-refractivity contribution is -0.144. The van der Waals surface area contributed by atoms with Crippen LogP contribution < -0.4 is 10.6 Å². The first-order valence-corrected chi connectivity index (χ1v) is 11.9. The first-order valence-electron chi connectivity index (χ1n) is 10.2. The second-order valence-corrected chi connectivity index (χ2v) is 10.2. The molecule has 6 heteroatoms. The second-order valence-electron chi connectivity index (χ2n) is 7.22. The van der Waals surface area contributed by atoms with Gasteiger partial charge in [-0.3, -0.25) is 9.59 Å². The predicted molar refractivity (Wildman–Crippen MR) is 124 cm³/mol. The van der Waals surface area contributed by atoms with E-state index >= 15 is 0 Å². The van der Waals surface area contributed by atoms with Gasteiger partial charge in [-0.15, -0.1) is 0 Å². The minimum atomic E-state index is -3.17. The number of ether oxygens (including phenoxy) is 2. The maximum Gasteiger partial charge on any atom is 0.303 e. The van der Waals surface area contributed by atoms with E-state index in [4.69, 9.17) is 9.47 Å². The van der Waals surface area contributed by atoms with Crippen LogP contribution in [-0.2, 0) is 23.6 Å². The van der Waals surface area contributed by atoms with Crippen LogP contribution in [0.4, 0.5) is 0 Å². The summed E-state index contributed by atoms with van der Waals surface area (Å²) in [6.45, 7) is 6.19. The zero-order valence-electron chi connectivity index (χ0n) is 18.3. The lowest BCUT2D eigenvalue weighted by Gasteiger charge is -2.25. The number of esters is 2. The summed E-state index contributed by atoms with van der Waals surface area (Å²) >= 11 is 0. The monoisotopic (exact) mass is 440 g/mol. The number of benzene rings is 2. The Morgan fingerprint density at radius 3 is 1.39 bits per heavy atom. The Morgan fingerprint density at radius 1 is 0.710 bits per heavy atom. The third-order valence-corrected chi connectivity index (χ3v) is 7.88. The van der Waals surface area contributed by atoms with Gasteiger partial charge in [0.15, 0.2) is 7.14 Å². The molecule has 5 nitrogen and oxygen atoms in total. The van der Waals surface area contributed by atoms with E-state index in [1.807, 2.05) is 60.7 Å². The molecule has 0 aliphatic heterocycles. The van der Waals surface area contributed by atoms with Crippen LogP contribution in [0.5, 0.6) is 0 Å². The summed E-state index contributed by atoms with van der Waals surface area (Å²) in [6.07, 6.45) is 6.10. The van der Waals surface area contributed by atoms with Crippen LogP contribution in [0.3, 0.4) is 0 Å². The molecular weight excluding hydrogens is 411 g/mol. The first-order chi connectivity index (χ1) is 14.7. The van der Waals surface area contributed by atoms with E-state index in [2.05, 4.69) is 0 Å². The largest absolute Gasteiger partial charge is 0.459 e. The molecule has 0 saturated carbocycles. The maximum absolute atomic E-state index is 14.7. The lowest BCUT2D eigenvalue weighted by Crippen LogP contribution is -2.24. The third kappa shape index (κ3) is 7.08. The average Bonchev–Trinajstić information content (AvgIpc) is 2.73. The molecule has 0 heterocycles. The molecule has 0 aliphatic rings. The summed E-state index contributed by atoms with van der Waals surface area (Å²) in [5.41, 5.74) is -0.534. The Kier molecular flexibility index (Phi) is 9.02. The fourth-order valence-corrected chi connectivity index (χ4v) is 6.14. The molecule has 3 atom stereocenters. The molecule has 0 N–H and O–H groups in total. The molecule has 0 radical (unpaired) electrons. The molecule has 2 aromatic carbocycles.